The van der Waals surface area contributed by atoms with Gasteiger partial charge in [-0.15, -0.1) is 0 Å². The highest BCUT2D eigenvalue weighted by Crippen LogP contribution is 2.31. The van der Waals surface area contributed by atoms with Crippen LogP contribution in [-0.2, 0) is 4.74 Å². The Bertz CT molecular complexity index is 209. The molecular weight excluding hydrogens is 200 g/mol. The highest BCUT2D eigenvalue weighted by Gasteiger charge is 2.30. The van der Waals surface area contributed by atoms with Gasteiger partial charge in [0, 0.05) is 0 Å². The first-order chi connectivity index (χ1) is 7.65. The summed E-state index contributed by atoms with van der Waals surface area (Å²) in [6.45, 7) is 4.55. The van der Waals surface area contributed by atoms with Crippen molar-refractivity contribution in [2.75, 3.05) is 0 Å². The Labute approximate surface area is 99.4 Å². The van der Waals surface area contributed by atoms with Crippen molar-refractivity contribution in [3.8, 4) is 0 Å². The minimum atomic E-state index is -0.219. The van der Waals surface area contributed by atoms with Gasteiger partial charge in [0.25, 0.3) is 0 Å². The summed E-state index contributed by atoms with van der Waals surface area (Å²) in [7, 11) is 0. The third-order valence-corrected chi connectivity index (χ3v) is 4.35. The zero-order valence-electron chi connectivity index (χ0n) is 10.7. The molecule has 2 rings (SSSR count). The lowest BCUT2D eigenvalue weighted by atomic mass is 9.85. The highest BCUT2D eigenvalue weighted by molar-refractivity contribution is 4.81. The fourth-order valence-corrected chi connectivity index (χ4v) is 3.09. The van der Waals surface area contributed by atoms with Crippen LogP contribution in [0.5, 0.6) is 0 Å². The van der Waals surface area contributed by atoms with E-state index in [0.29, 0.717) is 12.0 Å². The smallest absolute Gasteiger partial charge is 0.0837 e. The molecule has 3 atom stereocenters. The van der Waals surface area contributed by atoms with Crippen molar-refractivity contribution in [3.05, 3.63) is 0 Å². The molecule has 2 fully saturated rings. The summed E-state index contributed by atoms with van der Waals surface area (Å²) in [5.74, 6) is 1.54. The third kappa shape index (κ3) is 3.21. The van der Waals surface area contributed by atoms with Gasteiger partial charge < -0.3 is 9.84 Å². The summed E-state index contributed by atoms with van der Waals surface area (Å²) >= 11 is 0. The van der Waals surface area contributed by atoms with E-state index in [1.165, 1.54) is 32.1 Å². The molecule has 0 spiro atoms. The van der Waals surface area contributed by atoms with Crippen molar-refractivity contribution in [2.45, 2.75) is 77.1 Å². The molecule has 2 saturated carbocycles. The van der Waals surface area contributed by atoms with Gasteiger partial charge in [0.2, 0.25) is 0 Å². The molecule has 94 valence electrons. The van der Waals surface area contributed by atoms with Crippen LogP contribution in [0.4, 0.5) is 0 Å². The highest BCUT2D eigenvalue weighted by atomic mass is 16.5. The van der Waals surface area contributed by atoms with Gasteiger partial charge >= 0.3 is 0 Å². The van der Waals surface area contributed by atoms with E-state index in [9.17, 15) is 5.11 Å². The molecule has 0 aromatic carbocycles. The Morgan fingerprint density at radius 3 is 2.12 bits per heavy atom. The van der Waals surface area contributed by atoms with E-state index >= 15 is 0 Å². The Kier molecular flexibility index (Phi) is 4.26. The second-order valence-corrected chi connectivity index (χ2v) is 6.04. The molecule has 0 aromatic heterocycles. The van der Waals surface area contributed by atoms with Crippen LogP contribution in [-0.4, -0.2) is 23.4 Å². The maximum atomic E-state index is 10.00. The lowest BCUT2D eigenvalue weighted by Gasteiger charge is -2.36. The summed E-state index contributed by atoms with van der Waals surface area (Å²) in [6.07, 6.45) is 8.49. The predicted molar refractivity (Wildman–Crippen MR) is 65.3 cm³/mol. The van der Waals surface area contributed by atoms with Crippen LogP contribution < -0.4 is 0 Å². The molecule has 0 bridgehead atoms. The Balaban J connectivity index is 1.76. The summed E-state index contributed by atoms with van der Waals surface area (Å²) in [6, 6.07) is 0. The molecule has 0 aliphatic heterocycles. The second kappa shape index (κ2) is 5.50. The van der Waals surface area contributed by atoms with Crippen LogP contribution in [0.1, 0.15) is 58.8 Å². The molecule has 0 aromatic rings. The molecule has 0 radical (unpaired) electrons. The molecule has 2 aliphatic carbocycles. The summed E-state index contributed by atoms with van der Waals surface area (Å²) in [5.41, 5.74) is 0. The number of aliphatic hydroxyl groups is 1. The van der Waals surface area contributed by atoms with Crippen molar-refractivity contribution in [2.24, 2.45) is 11.8 Å². The van der Waals surface area contributed by atoms with Crippen LogP contribution in [0.25, 0.3) is 0 Å². The Hall–Kier alpha value is -0.0800. The van der Waals surface area contributed by atoms with Crippen molar-refractivity contribution in [1.82, 2.24) is 0 Å². The van der Waals surface area contributed by atoms with E-state index in [-0.39, 0.29) is 12.2 Å². The van der Waals surface area contributed by atoms with Gasteiger partial charge in [0.15, 0.2) is 0 Å². The van der Waals surface area contributed by atoms with E-state index in [1.807, 2.05) is 0 Å². The molecule has 0 saturated heterocycles. The van der Waals surface area contributed by atoms with E-state index < -0.39 is 0 Å². The SMILES string of the molecule is CC1CCC(OC2CCC(C)CC2O)CC1. The van der Waals surface area contributed by atoms with Crippen molar-refractivity contribution in [3.63, 3.8) is 0 Å². The fourth-order valence-electron chi connectivity index (χ4n) is 3.09. The van der Waals surface area contributed by atoms with Crippen LogP contribution in [0.2, 0.25) is 0 Å². The number of hydrogen-bond acceptors (Lipinski definition) is 2. The number of ether oxygens (including phenoxy) is 1. The van der Waals surface area contributed by atoms with Gasteiger partial charge in [-0.2, -0.15) is 0 Å². The van der Waals surface area contributed by atoms with E-state index in [1.54, 1.807) is 0 Å². The minimum Gasteiger partial charge on any atom is -0.390 e. The van der Waals surface area contributed by atoms with Crippen molar-refractivity contribution in [1.29, 1.82) is 0 Å². The normalized spacial score (nSPS) is 45.6. The molecule has 16 heavy (non-hydrogen) atoms. The number of aliphatic hydroxyl groups excluding tert-OH is 1. The van der Waals surface area contributed by atoms with Crippen molar-refractivity contribution >= 4 is 0 Å². The lowest BCUT2D eigenvalue weighted by Crippen LogP contribution is -2.38. The summed E-state index contributed by atoms with van der Waals surface area (Å²) < 4.78 is 6.09. The molecule has 0 heterocycles. The molecule has 2 nitrogen and oxygen atoms in total. The second-order valence-electron chi connectivity index (χ2n) is 6.04. The topological polar surface area (TPSA) is 29.5 Å². The van der Waals surface area contributed by atoms with Crippen LogP contribution in [0.15, 0.2) is 0 Å². The maximum absolute atomic E-state index is 10.00. The van der Waals surface area contributed by atoms with Crippen LogP contribution in [0, 0.1) is 11.8 Å². The monoisotopic (exact) mass is 226 g/mol. The molecule has 3 unspecified atom stereocenters. The predicted octanol–water partition coefficient (Wildman–Crippen LogP) is 3.13. The first-order valence-electron chi connectivity index (χ1n) is 6.98. The van der Waals surface area contributed by atoms with Crippen molar-refractivity contribution < 1.29 is 9.84 Å². The molecule has 2 aliphatic rings. The standard InChI is InChI=1S/C14H26O2/c1-10-3-6-12(7-4-10)16-14-8-5-11(2)9-13(14)15/h10-15H,3-9H2,1-2H3. The third-order valence-electron chi connectivity index (χ3n) is 4.35. The first kappa shape index (κ1) is 12.4. The van der Waals surface area contributed by atoms with Gasteiger partial charge in [-0.1, -0.05) is 13.8 Å². The number of rotatable bonds is 2. The average molecular weight is 226 g/mol. The zero-order valence-corrected chi connectivity index (χ0v) is 10.7. The van der Waals surface area contributed by atoms with E-state index in [2.05, 4.69) is 13.8 Å². The average Bonchev–Trinajstić information content (AvgIpc) is 2.25. The zero-order chi connectivity index (χ0) is 11.5. The van der Waals surface area contributed by atoms with Gasteiger partial charge in [0.05, 0.1) is 18.3 Å². The Morgan fingerprint density at radius 1 is 0.875 bits per heavy atom. The minimum absolute atomic E-state index is 0.120. The van der Waals surface area contributed by atoms with E-state index in [4.69, 9.17) is 4.74 Å². The molecule has 0 amide bonds. The molecule has 1 N–H and O–H groups in total. The van der Waals surface area contributed by atoms with Crippen LogP contribution >= 0.6 is 0 Å². The van der Waals surface area contributed by atoms with Gasteiger partial charge in [0.1, 0.15) is 0 Å². The van der Waals surface area contributed by atoms with E-state index in [0.717, 1.165) is 18.8 Å². The Morgan fingerprint density at radius 2 is 1.50 bits per heavy atom. The summed E-state index contributed by atoms with van der Waals surface area (Å²) in [5, 5.41) is 10.00. The summed E-state index contributed by atoms with van der Waals surface area (Å²) in [4.78, 5) is 0. The quantitative estimate of drug-likeness (QED) is 0.784. The molecule has 2 heteroatoms. The first-order valence-corrected chi connectivity index (χ1v) is 6.98. The molecular formula is C14H26O2. The number of hydrogen-bond donors (Lipinski definition) is 1. The lowest BCUT2D eigenvalue weighted by molar-refractivity contribution is -0.112. The fraction of sp³-hybridized carbons (Fsp3) is 1.00. The largest absolute Gasteiger partial charge is 0.390 e. The van der Waals surface area contributed by atoms with Gasteiger partial charge in [-0.3, -0.25) is 0 Å². The maximum Gasteiger partial charge on any atom is 0.0837 e. The van der Waals surface area contributed by atoms with Gasteiger partial charge in [-0.05, 0) is 56.8 Å². The van der Waals surface area contributed by atoms with Crippen LogP contribution in [0.3, 0.4) is 0 Å². The van der Waals surface area contributed by atoms with Gasteiger partial charge in [-0.25, -0.2) is 0 Å².